The molecule has 0 aliphatic carbocycles. The van der Waals surface area contributed by atoms with Crippen molar-refractivity contribution in [2.45, 2.75) is 45.8 Å². The number of rotatable bonds is 3. The minimum absolute atomic E-state index is 0.214. The van der Waals surface area contributed by atoms with Gasteiger partial charge >= 0.3 is 6.09 Å². The Morgan fingerprint density at radius 1 is 1.30 bits per heavy atom. The summed E-state index contributed by atoms with van der Waals surface area (Å²) in [5.74, 6) is -0.0739. The minimum Gasteiger partial charge on any atom is -0.444 e. The quantitative estimate of drug-likeness (QED) is 0.798. The molecule has 8 nitrogen and oxygen atoms in total. The third-order valence-corrected chi connectivity index (χ3v) is 5.12. The van der Waals surface area contributed by atoms with Crippen LogP contribution in [-0.4, -0.2) is 58.2 Å². The van der Waals surface area contributed by atoms with E-state index in [0.29, 0.717) is 24.0 Å². The molecule has 3 rings (SSSR count). The molecule has 1 unspecified atom stereocenters. The lowest BCUT2D eigenvalue weighted by atomic mass is 10.0. The van der Waals surface area contributed by atoms with E-state index in [-0.39, 0.29) is 19.1 Å². The predicted molar refractivity (Wildman–Crippen MR) is 113 cm³/mol. The largest absolute Gasteiger partial charge is 0.444 e. The van der Waals surface area contributed by atoms with Crippen molar-refractivity contribution in [2.24, 2.45) is 5.92 Å². The molecule has 0 radical (unpaired) electrons. The van der Waals surface area contributed by atoms with Gasteiger partial charge in [-0.05, 0) is 46.8 Å². The summed E-state index contributed by atoms with van der Waals surface area (Å²) in [5, 5.41) is 3.64. The zero-order valence-electron chi connectivity index (χ0n) is 18.1. The number of ether oxygens (including phenoxy) is 2. The number of fused-ring (bicyclic) bond motifs is 1. The second-order valence-electron chi connectivity index (χ2n) is 9.01. The van der Waals surface area contributed by atoms with Crippen LogP contribution in [0.3, 0.4) is 0 Å². The number of amides is 2. The Labute approximate surface area is 181 Å². The van der Waals surface area contributed by atoms with E-state index < -0.39 is 23.2 Å². The number of carbonyl (C=O) groups is 2. The summed E-state index contributed by atoms with van der Waals surface area (Å²) < 4.78 is 12.9. The fraction of sp³-hybridized carbons (Fsp3) is 0.571. The molecule has 2 amide bonds. The highest BCUT2D eigenvalue weighted by atomic mass is 35.5. The van der Waals surface area contributed by atoms with Gasteiger partial charge in [0.1, 0.15) is 11.4 Å². The molecular formula is C21H29ClN4O4. The smallest absolute Gasteiger partial charge is 0.410 e. The zero-order chi connectivity index (χ0) is 22.1. The summed E-state index contributed by atoms with van der Waals surface area (Å²) in [4.78, 5) is 31.6. The number of hydrogen-bond acceptors (Lipinski definition) is 5. The van der Waals surface area contributed by atoms with Gasteiger partial charge in [-0.3, -0.25) is 4.79 Å². The maximum absolute atomic E-state index is 13.1. The van der Waals surface area contributed by atoms with Gasteiger partial charge in [-0.25, -0.2) is 9.78 Å². The molecule has 30 heavy (non-hydrogen) atoms. The maximum Gasteiger partial charge on any atom is 0.410 e. The standard InChI is InChI=1S/C21H29ClN4O4/c1-20(2,3)30-19(28)25-9-10-29-13-14(12-25)17(27)24-21(4,5)18-23-11-16-15(22)7-6-8-26(16)18/h6-8,11,14H,9-10,12-13H2,1-5H3,(H,24,27). The predicted octanol–water partition coefficient (Wildman–Crippen LogP) is 3.22. The Kier molecular flexibility index (Phi) is 6.29. The van der Waals surface area contributed by atoms with Crippen molar-refractivity contribution >= 4 is 29.1 Å². The third kappa shape index (κ3) is 5.05. The van der Waals surface area contributed by atoms with Crippen LogP contribution in [0.1, 0.15) is 40.4 Å². The summed E-state index contributed by atoms with van der Waals surface area (Å²) in [6, 6.07) is 3.62. The molecule has 2 aromatic heterocycles. The fourth-order valence-electron chi connectivity index (χ4n) is 3.38. The first-order valence-corrected chi connectivity index (χ1v) is 10.4. The molecule has 1 N–H and O–H groups in total. The summed E-state index contributed by atoms with van der Waals surface area (Å²) in [6.07, 6.45) is 3.10. The van der Waals surface area contributed by atoms with Crippen LogP contribution in [0.25, 0.3) is 5.52 Å². The molecule has 1 aliphatic rings. The highest BCUT2D eigenvalue weighted by Gasteiger charge is 2.34. The van der Waals surface area contributed by atoms with Gasteiger partial charge in [0.15, 0.2) is 0 Å². The first-order valence-electron chi connectivity index (χ1n) is 9.98. The molecule has 1 fully saturated rings. The van der Waals surface area contributed by atoms with Crippen molar-refractivity contribution < 1.29 is 19.1 Å². The number of halogens is 1. The topological polar surface area (TPSA) is 85.2 Å². The average Bonchev–Trinajstić information content (AvgIpc) is 2.92. The molecule has 9 heteroatoms. The van der Waals surface area contributed by atoms with Crippen LogP contribution in [0.4, 0.5) is 4.79 Å². The van der Waals surface area contributed by atoms with Crippen LogP contribution in [0.5, 0.6) is 0 Å². The fourth-order valence-corrected chi connectivity index (χ4v) is 3.59. The van der Waals surface area contributed by atoms with Crippen molar-refractivity contribution in [3.05, 3.63) is 35.4 Å². The second-order valence-corrected chi connectivity index (χ2v) is 9.41. The third-order valence-electron chi connectivity index (χ3n) is 4.80. The Balaban J connectivity index is 1.74. The first kappa shape index (κ1) is 22.4. The van der Waals surface area contributed by atoms with Gasteiger partial charge in [0, 0.05) is 19.3 Å². The van der Waals surface area contributed by atoms with Crippen molar-refractivity contribution in [1.82, 2.24) is 19.6 Å². The number of imidazole rings is 1. The number of nitrogens with one attached hydrogen (secondary N) is 1. The van der Waals surface area contributed by atoms with Gasteiger partial charge < -0.3 is 24.1 Å². The van der Waals surface area contributed by atoms with E-state index in [1.165, 1.54) is 4.90 Å². The van der Waals surface area contributed by atoms with E-state index in [1.54, 1.807) is 12.3 Å². The van der Waals surface area contributed by atoms with E-state index in [9.17, 15) is 9.59 Å². The monoisotopic (exact) mass is 436 g/mol. The highest BCUT2D eigenvalue weighted by Crippen LogP contribution is 2.25. The molecule has 0 saturated carbocycles. The van der Waals surface area contributed by atoms with Crippen LogP contribution < -0.4 is 5.32 Å². The summed E-state index contributed by atoms with van der Waals surface area (Å²) in [7, 11) is 0. The van der Waals surface area contributed by atoms with Crippen LogP contribution in [-0.2, 0) is 19.8 Å². The van der Waals surface area contributed by atoms with Crippen LogP contribution in [0, 0.1) is 5.92 Å². The molecule has 2 aromatic rings. The van der Waals surface area contributed by atoms with Gasteiger partial charge in [-0.1, -0.05) is 11.6 Å². The molecule has 0 aromatic carbocycles. The molecule has 1 saturated heterocycles. The van der Waals surface area contributed by atoms with Gasteiger partial charge in [-0.15, -0.1) is 0 Å². The molecule has 1 atom stereocenters. The Morgan fingerprint density at radius 2 is 2.03 bits per heavy atom. The Hall–Kier alpha value is -2.32. The molecular weight excluding hydrogens is 408 g/mol. The van der Waals surface area contributed by atoms with E-state index in [0.717, 1.165) is 5.52 Å². The van der Waals surface area contributed by atoms with E-state index >= 15 is 0 Å². The number of aromatic nitrogens is 2. The first-order chi connectivity index (χ1) is 14.0. The van der Waals surface area contributed by atoms with E-state index in [1.807, 2.05) is 51.3 Å². The van der Waals surface area contributed by atoms with Gasteiger partial charge in [-0.2, -0.15) is 0 Å². The molecule has 164 valence electrons. The Bertz CT molecular complexity index is 935. The number of nitrogens with zero attached hydrogens (tertiary/aromatic N) is 3. The lowest BCUT2D eigenvalue weighted by molar-refractivity contribution is -0.128. The molecule has 0 bridgehead atoms. The van der Waals surface area contributed by atoms with E-state index in [4.69, 9.17) is 21.1 Å². The normalized spacial score (nSPS) is 18.2. The van der Waals surface area contributed by atoms with Crippen molar-refractivity contribution in [3.63, 3.8) is 0 Å². The lowest BCUT2D eigenvalue weighted by Gasteiger charge is -2.30. The number of hydrogen-bond donors (Lipinski definition) is 1. The molecule has 1 aliphatic heterocycles. The zero-order valence-corrected chi connectivity index (χ0v) is 18.8. The second kappa shape index (κ2) is 8.43. The Morgan fingerprint density at radius 3 is 2.73 bits per heavy atom. The summed E-state index contributed by atoms with van der Waals surface area (Å²) in [6.45, 7) is 10.4. The number of pyridine rings is 1. The minimum atomic E-state index is -0.767. The maximum atomic E-state index is 13.1. The summed E-state index contributed by atoms with van der Waals surface area (Å²) >= 11 is 6.24. The van der Waals surface area contributed by atoms with Crippen molar-refractivity contribution in [2.75, 3.05) is 26.3 Å². The molecule has 0 spiro atoms. The van der Waals surface area contributed by atoms with Crippen LogP contribution >= 0.6 is 11.6 Å². The van der Waals surface area contributed by atoms with Crippen LogP contribution in [0.2, 0.25) is 5.02 Å². The van der Waals surface area contributed by atoms with Gasteiger partial charge in [0.05, 0.1) is 41.4 Å². The molecule has 3 heterocycles. The van der Waals surface area contributed by atoms with Crippen LogP contribution in [0.15, 0.2) is 24.5 Å². The van der Waals surface area contributed by atoms with Gasteiger partial charge in [0.2, 0.25) is 5.91 Å². The average molecular weight is 437 g/mol. The van der Waals surface area contributed by atoms with Crippen molar-refractivity contribution in [1.29, 1.82) is 0 Å². The highest BCUT2D eigenvalue weighted by molar-refractivity contribution is 6.33. The number of carbonyl (C=O) groups excluding carboxylic acids is 2. The van der Waals surface area contributed by atoms with Crippen molar-refractivity contribution in [3.8, 4) is 0 Å². The van der Waals surface area contributed by atoms with E-state index in [2.05, 4.69) is 10.3 Å². The lowest BCUT2D eigenvalue weighted by Crippen LogP contribution is -2.49. The SMILES string of the molecule is CC(C)(C)OC(=O)N1CCOCC(C(=O)NC(C)(C)c2ncc3c(Cl)cccn23)C1. The van der Waals surface area contributed by atoms with Gasteiger partial charge in [0.25, 0.3) is 0 Å². The summed E-state index contributed by atoms with van der Waals surface area (Å²) in [5.41, 5.74) is -0.602.